The molecule has 0 atom stereocenters. The average molecular weight is 283 g/mol. The predicted octanol–water partition coefficient (Wildman–Crippen LogP) is 4.04. The molecule has 0 bridgehead atoms. The number of aryl methyl sites for hydroxylation is 1. The summed E-state index contributed by atoms with van der Waals surface area (Å²) in [4.78, 5) is 0. The van der Waals surface area contributed by atoms with Crippen LogP contribution in [0.2, 0.25) is 0 Å². The fourth-order valence-corrected chi connectivity index (χ4v) is 1.61. The van der Waals surface area contributed by atoms with E-state index in [2.05, 4.69) is 20.7 Å². The SMILES string of the molecule is CCc1ccc(CBr)c(OC(F)(F)F)c1. The zero-order valence-electron chi connectivity index (χ0n) is 8.07. The Balaban J connectivity index is 3.01. The van der Waals surface area contributed by atoms with Crippen molar-refractivity contribution in [2.45, 2.75) is 25.0 Å². The first-order chi connectivity index (χ1) is 6.96. The molecule has 0 spiro atoms. The molecule has 0 unspecified atom stereocenters. The van der Waals surface area contributed by atoms with Crippen molar-refractivity contribution < 1.29 is 17.9 Å². The molecule has 15 heavy (non-hydrogen) atoms. The van der Waals surface area contributed by atoms with E-state index >= 15 is 0 Å². The van der Waals surface area contributed by atoms with Crippen molar-refractivity contribution in [1.82, 2.24) is 0 Å². The van der Waals surface area contributed by atoms with Crippen LogP contribution in [0.1, 0.15) is 18.1 Å². The van der Waals surface area contributed by atoms with Crippen molar-refractivity contribution in [3.8, 4) is 5.75 Å². The van der Waals surface area contributed by atoms with E-state index in [9.17, 15) is 13.2 Å². The molecule has 0 N–H and O–H groups in total. The molecular formula is C10H10BrF3O. The highest BCUT2D eigenvalue weighted by atomic mass is 79.9. The van der Waals surface area contributed by atoms with Crippen LogP contribution in [0.4, 0.5) is 13.2 Å². The van der Waals surface area contributed by atoms with Crippen molar-refractivity contribution >= 4 is 15.9 Å². The zero-order valence-corrected chi connectivity index (χ0v) is 9.65. The highest BCUT2D eigenvalue weighted by Gasteiger charge is 2.32. The summed E-state index contributed by atoms with van der Waals surface area (Å²) in [6.07, 6.45) is -3.96. The molecule has 0 saturated heterocycles. The van der Waals surface area contributed by atoms with Gasteiger partial charge in [0.1, 0.15) is 5.75 Å². The normalized spacial score (nSPS) is 11.5. The molecule has 0 aliphatic heterocycles. The van der Waals surface area contributed by atoms with E-state index in [4.69, 9.17) is 0 Å². The van der Waals surface area contributed by atoms with Crippen LogP contribution in [0.25, 0.3) is 0 Å². The molecular weight excluding hydrogens is 273 g/mol. The van der Waals surface area contributed by atoms with Crippen LogP contribution in [0.3, 0.4) is 0 Å². The first-order valence-corrected chi connectivity index (χ1v) is 5.52. The predicted molar refractivity (Wildman–Crippen MR) is 55.1 cm³/mol. The number of hydrogen-bond donors (Lipinski definition) is 0. The second-order valence-electron chi connectivity index (χ2n) is 2.98. The van der Waals surface area contributed by atoms with Gasteiger partial charge in [-0.3, -0.25) is 0 Å². The van der Waals surface area contributed by atoms with Gasteiger partial charge in [-0.25, -0.2) is 0 Å². The number of halogens is 4. The Morgan fingerprint density at radius 2 is 2.00 bits per heavy atom. The third-order valence-electron chi connectivity index (χ3n) is 1.91. The Kier molecular flexibility index (Phi) is 4.02. The third kappa shape index (κ3) is 3.74. The molecule has 0 aliphatic rings. The summed E-state index contributed by atoms with van der Waals surface area (Å²) in [6.45, 7) is 1.88. The molecule has 1 nitrogen and oxygen atoms in total. The van der Waals surface area contributed by atoms with Gasteiger partial charge >= 0.3 is 6.36 Å². The van der Waals surface area contributed by atoms with Crippen molar-refractivity contribution in [1.29, 1.82) is 0 Å². The largest absolute Gasteiger partial charge is 0.573 e. The van der Waals surface area contributed by atoms with Crippen LogP contribution < -0.4 is 4.74 Å². The third-order valence-corrected chi connectivity index (χ3v) is 2.51. The van der Waals surface area contributed by atoms with Gasteiger partial charge < -0.3 is 4.74 Å². The van der Waals surface area contributed by atoms with Gasteiger partial charge in [0.2, 0.25) is 0 Å². The van der Waals surface area contributed by atoms with Crippen molar-refractivity contribution in [3.63, 3.8) is 0 Å². The number of benzene rings is 1. The molecule has 0 fully saturated rings. The first-order valence-electron chi connectivity index (χ1n) is 4.39. The van der Waals surface area contributed by atoms with Crippen LogP contribution in [0.15, 0.2) is 18.2 Å². The van der Waals surface area contributed by atoms with E-state index in [-0.39, 0.29) is 5.75 Å². The zero-order chi connectivity index (χ0) is 11.5. The standard InChI is InChI=1S/C10H10BrF3O/c1-2-7-3-4-8(6-11)9(5-7)15-10(12,13)14/h3-5H,2,6H2,1H3. The van der Waals surface area contributed by atoms with E-state index < -0.39 is 6.36 Å². The van der Waals surface area contributed by atoms with Crippen LogP contribution in [-0.2, 0) is 11.8 Å². The molecule has 0 heterocycles. The molecule has 0 radical (unpaired) electrons. The number of ether oxygens (including phenoxy) is 1. The summed E-state index contributed by atoms with van der Waals surface area (Å²) in [6, 6.07) is 4.85. The minimum absolute atomic E-state index is 0.126. The summed E-state index contributed by atoms with van der Waals surface area (Å²) >= 11 is 3.12. The van der Waals surface area contributed by atoms with E-state index in [0.717, 1.165) is 5.56 Å². The molecule has 0 aromatic heterocycles. The lowest BCUT2D eigenvalue weighted by atomic mass is 10.1. The second-order valence-corrected chi connectivity index (χ2v) is 3.54. The Labute approximate surface area is 94.4 Å². The molecule has 1 rings (SSSR count). The molecule has 0 saturated carbocycles. The summed E-state index contributed by atoms with van der Waals surface area (Å²) in [5.41, 5.74) is 1.31. The number of alkyl halides is 4. The number of hydrogen-bond acceptors (Lipinski definition) is 1. The highest BCUT2D eigenvalue weighted by molar-refractivity contribution is 9.08. The molecule has 1 aromatic carbocycles. The van der Waals surface area contributed by atoms with Crippen molar-refractivity contribution in [3.05, 3.63) is 29.3 Å². The summed E-state index contributed by atoms with van der Waals surface area (Å²) < 4.78 is 40.1. The van der Waals surface area contributed by atoms with Gasteiger partial charge in [-0.2, -0.15) is 0 Å². The van der Waals surface area contributed by atoms with Crippen LogP contribution in [0, 0.1) is 0 Å². The summed E-state index contributed by atoms with van der Waals surface area (Å²) in [5, 5.41) is 0.336. The van der Waals surface area contributed by atoms with Crippen molar-refractivity contribution in [2.75, 3.05) is 0 Å². The van der Waals surface area contributed by atoms with Gasteiger partial charge in [0.05, 0.1) is 0 Å². The fraction of sp³-hybridized carbons (Fsp3) is 0.400. The van der Waals surface area contributed by atoms with Crippen molar-refractivity contribution in [2.24, 2.45) is 0 Å². The van der Waals surface area contributed by atoms with Crippen LogP contribution in [0.5, 0.6) is 5.75 Å². The summed E-state index contributed by atoms with van der Waals surface area (Å²) in [5.74, 6) is -0.126. The maximum absolute atomic E-state index is 12.1. The Morgan fingerprint density at radius 1 is 1.33 bits per heavy atom. The van der Waals surface area contributed by atoms with E-state index in [1.165, 1.54) is 6.07 Å². The molecule has 1 aromatic rings. The molecule has 84 valence electrons. The monoisotopic (exact) mass is 282 g/mol. The second kappa shape index (κ2) is 4.88. The summed E-state index contributed by atoms with van der Waals surface area (Å²) in [7, 11) is 0. The topological polar surface area (TPSA) is 9.23 Å². The molecule has 0 amide bonds. The van der Waals surface area contributed by atoms with Gasteiger partial charge in [0.15, 0.2) is 0 Å². The fourth-order valence-electron chi connectivity index (χ4n) is 1.15. The van der Waals surface area contributed by atoms with Crippen LogP contribution >= 0.6 is 15.9 Å². The Hall–Kier alpha value is -0.710. The van der Waals surface area contributed by atoms with Crippen LogP contribution in [-0.4, -0.2) is 6.36 Å². The highest BCUT2D eigenvalue weighted by Crippen LogP contribution is 2.29. The van der Waals surface area contributed by atoms with Gasteiger partial charge in [0.25, 0.3) is 0 Å². The minimum Gasteiger partial charge on any atom is -0.405 e. The lowest BCUT2D eigenvalue weighted by molar-refractivity contribution is -0.274. The quantitative estimate of drug-likeness (QED) is 0.761. The first kappa shape index (κ1) is 12.4. The lowest BCUT2D eigenvalue weighted by Gasteiger charge is -2.13. The Morgan fingerprint density at radius 3 is 2.47 bits per heavy atom. The average Bonchev–Trinajstić information content (AvgIpc) is 2.15. The maximum atomic E-state index is 12.1. The lowest BCUT2D eigenvalue weighted by Crippen LogP contribution is -2.18. The smallest absolute Gasteiger partial charge is 0.405 e. The molecule has 5 heteroatoms. The van der Waals surface area contributed by atoms with E-state index in [1.54, 1.807) is 12.1 Å². The van der Waals surface area contributed by atoms with Gasteiger partial charge in [-0.1, -0.05) is 35.0 Å². The Bertz CT molecular complexity index is 336. The van der Waals surface area contributed by atoms with Gasteiger partial charge in [0, 0.05) is 10.9 Å². The minimum atomic E-state index is -4.64. The van der Waals surface area contributed by atoms with Gasteiger partial charge in [-0.05, 0) is 18.1 Å². The van der Waals surface area contributed by atoms with Gasteiger partial charge in [-0.15, -0.1) is 13.2 Å². The van der Waals surface area contributed by atoms with E-state index in [1.807, 2.05) is 6.92 Å². The maximum Gasteiger partial charge on any atom is 0.573 e. The number of rotatable bonds is 3. The van der Waals surface area contributed by atoms with E-state index in [0.29, 0.717) is 17.3 Å². The molecule has 0 aliphatic carbocycles.